The molecule has 0 saturated carbocycles. The first-order chi connectivity index (χ1) is 16.6. The molecule has 1 aliphatic rings. The number of amides is 1. The molecule has 0 saturated heterocycles. The Bertz CT molecular complexity index is 1580. The summed E-state index contributed by atoms with van der Waals surface area (Å²) in [5.74, 6) is 0.628. The van der Waals surface area contributed by atoms with Crippen molar-refractivity contribution in [2.24, 2.45) is 0 Å². The van der Waals surface area contributed by atoms with E-state index in [9.17, 15) is 4.79 Å². The van der Waals surface area contributed by atoms with E-state index in [0.29, 0.717) is 16.9 Å². The van der Waals surface area contributed by atoms with Crippen molar-refractivity contribution in [2.45, 2.75) is 24.3 Å². The highest BCUT2D eigenvalue weighted by Gasteiger charge is 2.26. The van der Waals surface area contributed by atoms with Crippen molar-refractivity contribution in [1.29, 1.82) is 0 Å². The minimum atomic E-state index is -0.426. The standard InChI is InChI=1S/C25H19N5O2S2/c1-3-32-15-10-11-18-19(12-15)34-24(26-18)28-23(31)13(2)33-25-27-21-16-8-4-6-14-7-5-9-17(20(14)16)22(21)29-30-25/h4-13H,3H2,1-2H3,(H,26,28,31). The van der Waals surface area contributed by atoms with Gasteiger partial charge in [-0.2, -0.15) is 0 Å². The van der Waals surface area contributed by atoms with Gasteiger partial charge in [-0.05, 0) is 37.4 Å². The number of ether oxygens (including phenoxy) is 1. The summed E-state index contributed by atoms with van der Waals surface area (Å²) in [6, 6.07) is 18.0. The average Bonchev–Trinajstić information content (AvgIpc) is 3.39. The molecule has 3 aromatic carbocycles. The van der Waals surface area contributed by atoms with Crippen LogP contribution in [0.15, 0.2) is 59.8 Å². The maximum Gasteiger partial charge on any atom is 0.239 e. The smallest absolute Gasteiger partial charge is 0.239 e. The van der Waals surface area contributed by atoms with Crippen LogP contribution in [-0.4, -0.2) is 37.9 Å². The fourth-order valence-electron chi connectivity index (χ4n) is 4.10. The molecule has 168 valence electrons. The summed E-state index contributed by atoms with van der Waals surface area (Å²) >= 11 is 2.70. The van der Waals surface area contributed by atoms with E-state index < -0.39 is 5.25 Å². The van der Waals surface area contributed by atoms with Gasteiger partial charge in [0, 0.05) is 16.5 Å². The molecular weight excluding hydrogens is 466 g/mol. The SMILES string of the molecule is CCOc1ccc2nc(NC(=O)C(C)Sc3nnc4c(n3)-c3cccc5cccc-4c35)sc2c1. The van der Waals surface area contributed by atoms with E-state index in [1.165, 1.54) is 23.1 Å². The van der Waals surface area contributed by atoms with Crippen LogP contribution in [0.2, 0.25) is 0 Å². The number of nitrogens with one attached hydrogen (secondary N) is 1. The van der Waals surface area contributed by atoms with Crippen LogP contribution in [0, 0.1) is 0 Å². The van der Waals surface area contributed by atoms with Gasteiger partial charge < -0.3 is 10.1 Å². The van der Waals surface area contributed by atoms with Gasteiger partial charge in [-0.3, -0.25) is 4.79 Å². The number of fused-ring (bicyclic) bond motifs is 4. The molecule has 5 aromatic rings. The van der Waals surface area contributed by atoms with Gasteiger partial charge in [0.05, 0.1) is 22.1 Å². The number of benzene rings is 3. The van der Waals surface area contributed by atoms with Crippen LogP contribution < -0.4 is 10.1 Å². The Morgan fingerprint density at radius 1 is 1.06 bits per heavy atom. The number of thiazole rings is 1. The molecule has 0 bridgehead atoms. The number of nitrogens with zero attached hydrogens (tertiary/aromatic N) is 4. The first kappa shape index (κ1) is 21.0. The fourth-order valence-corrected chi connectivity index (χ4v) is 5.71. The second-order valence-electron chi connectivity index (χ2n) is 7.83. The number of carbonyl (C=O) groups is 1. The number of rotatable bonds is 6. The number of aromatic nitrogens is 4. The predicted molar refractivity (Wildman–Crippen MR) is 137 cm³/mol. The van der Waals surface area contributed by atoms with Crippen molar-refractivity contribution in [3.05, 3.63) is 54.6 Å². The zero-order valence-electron chi connectivity index (χ0n) is 18.4. The number of thioether (sulfide) groups is 1. The van der Waals surface area contributed by atoms with E-state index in [2.05, 4.69) is 38.7 Å². The molecule has 2 heterocycles. The van der Waals surface area contributed by atoms with Crippen LogP contribution in [0.5, 0.6) is 5.75 Å². The first-order valence-electron chi connectivity index (χ1n) is 10.9. The molecule has 1 aliphatic carbocycles. The van der Waals surface area contributed by atoms with E-state index in [4.69, 9.17) is 9.72 Å². The minimum Gasteiger partial charge on any atom is -0.494 e. The van der Waals surface area contributed by atoms with Gasteiger partial charge in [0.2, 0.25) is 11.1 Å². The monoisotopic (exact) mass is 485 g/mol. The van der Waals surface area contributed by atoms with Crippen LogP contribution in [0.3, 0.4) is 0 Å². The average molecular weight is 486 g/mol. The lowest BCUT2D eigenvalue weighted by Crippen LogP contribution is -2.22. The van der Waals surface area contributed by atoms with E-state index in [0.717, 1.165) is 49.3 Å². The highest BCUT2D eigenvalue weighted by atomic mass is 32.2. The molecule has 9 heteroatoms. The number of hydrogen-bond acceptors (Lipinski definition) is 8. The second kappa shape index (κ2) is 8.34. The van der Waals surface area contributed by atoms with Crippen molar-refractivity contribution in [2.75, 3.05) is 11.9 Å². The van der Waals surface area contributed by atoms with Gasteiger partial charge >= 0.3 is 0 Å². The van der Waals surface area contributed by atoms with Crippen LogP contribution in [0.1, 0.15) is 13.8 Å². The summed E-state index contributed by atoms with van der Waals surface area (Å²) in [5.41, 5.74) is 4.53. The molecular formula is C25H19N5O2S2. The lowest BCUT2D eigenvalue weighted by Gasteiger charge is -2.09. The summed E-state index contributed by atoms with van der Waals surface area (Å²) in [4.78, 5) is 22.1. The largest absolute Gasteiger partial charge is 0.494 e. The lowest BCUT2D eigenvalue weighted by atomic mass is 10.0. The first-order valence-corrected chi connectivity index (χ1v) is 12.6. The molecule has 1 N–H and O–H groups in total. The van der Waals surface area contributed by atoms with Crippen LogP contribution in [0.4, 0.5) is 5.13 Å². The highest BCUT2D eigenvalue weighted by Crippen LogP contribution is 2.45. The summed E-state index contributed by atoms with van der Waals surface area (Å²) in [7, 11) is 0. The summed E-state index contributed by atoms with van der Waals surface area (Å²) in [5, 5.41) is 14.6. The van der Waals surface area contributed by atoms with E-state index in [1.54, 1.807) is 0 Å². The second-order valence-corrected chi connectivity index (χ2v) is 10.2. The van der Waals surface area contributed by atoms with Gasteiger partial charge in [0.15, 0.2) is 5.13 Å². The highest BCUT2D eigenvalue weighted by molar-refractivity contribution is 8.00. The predicted octanol–water partition coefficient (Wildman–Crippen LogP) is 5.80. The van der Waals surface area contributed by atoms with Gasteiger partial charge in [0.25, 0.3) is 0 Å². The molecule has 1 atom stereocenters. The Hall–Kier alpha value is -3.56. The van der Waals surface area contributed by atoms with Gasteiger partial charge in [-0.25, -0.2) is 9.97 Å². The third-order valence-corrected chi connectivity index (χ3v) is 7.52. The maximum atomic E-state index is 12.9. The van der Waals surface area contributed by atoms with Crippen LogP contribution >= 0.6 is 23.1 Å². The number of carbonyl (C=O) groups excluding carboxylic acids is 1. The zero-order valence-corrected chi connectivity index (χ0v) is 20.0. The number of hydrogen-bond donors (Lipinski definition) is 1. The molecule has 1 amide bonds. The van der Waals surface area contributed by atoms with Crippen molar-refractivity contribution < 1.29 is 9.53 Å². The lowest BCUT2D eigenvalue weighted by molar-refractivity contribution is -0.115. The minimum absolute atomic E-state index is 0.163. The van der Waals surface area contributed by atoms with Gasteiger partial charge in [0.1, 0.15) is 17.1 Å². The fraction of sp³-hybridized carbons (Fsp3) is 0.160. The third kappa shape index (κ3) is 3.57. The molecule has 7 nitrogen and oxygen atoms in total. The normalized spacial score (nSPS) is 12.6. The summed E-state index contributed by atoms with van der Waals surface area (Å²) in [6.07, 6.45) is 0. The molecule has 2 aromatic heterocycles. The molecule has 0 spiro atoms. The van der Waals surface area contributed by atoms with Crippen LogP contribution in [-0.2, 0) is 4.79 Å². The molecule has 6 rings (SSSR count). The third-order valence-electron chi connectivity index (χ3n) is 5.63. The molecule has 0 fully saturated rings. The van der Waals surface area contributed by atoms with E-state index in [1.807, 2.05) is 50.2 Å². The van der Waals surface area contributed by atoms with E-state index in [-0.39, 0.29) is 5.91 Å². The molecule has 0 radical (unpaired) electrons. The van der Waals surface area contributed by atoms with Crippen molar-refractivity contribution in [3.63, 3.8) is 0 Å². The van der Waals surface area contributed by atoms with E-state index >= 15 is 0 Å². The van der Waals surface area contributed by atoms with Crippen molar-refractivity contribution in [1.82, 2.24) is 20.2 Å². The maximum absolute atomic E-state index is 12.9. The molecule has 34 heavy (non-hydrogen) atoms. The molecule has 1 unspecified atom stereocenters. The molecule has 0 aliphatic heterocycles. The number of anilines is 1. The quantitative estimate of drug-likeness (QED) is 0.298. The summed E-state index contributed by atoms with van der Waals surface area (Å²) < 4.78 is 6.51. The Morgan fingerprint density at radius 2 is 1.85 bits per heavy atom. The van der Waals surface area contributed by atoms with Crippen LogP contribution in [0.25, 0.3) is 43.5 Å². The Labute approximate surface area is 203 Å². The van der Waals surface area contributed by atoms with Crippen molar-refractivity contribution in [3.8, 4) is 28.3 Å². The van der Waals surface area contributed by atoms with Crippen molar-refractivity contribution >= 4 is 55.1 Å². The zero-order chi connectivity index (χ0) is 23.2. The Kier molecular flexibility index (Phi) is 5.15. The van der Waals surface area contributed by atoms with Gasteiger partial charge in [-0.1, -0.05) is 59.5 Å². The topological polar surface area (TPSA) is 89.9 Å². The Balaban J connectivity index is 1.21. The Morgan fingerprint density at radius 3 is 2.65 bits per heavy atom. The van der Waals surface area contributed by atoms with Gasteiger partial charge in [-0.15, -0.1) is 10.2 Å². The summed E-state index contributed by atoms with van der Waals surface area (Å²) in [6.45, 7) is 4.37.